The van der Waals surface area contributed by atoms with Crippen LogP contribution in [0.5, 0.6) is 0 Å². The molecule has 0 fully saturated rings. The molecule has 0 saturated heterocycles. The number of hydrogen-bond donors (Lipinski definition) is 1. The van der Waals surface area contributed by atoms with E-state index in [4.69, 9.17) is 5.11 Å². The summed E-state index contributed by atoms with van der Waals surface area (Å²) in [5.74, 6) is 0.603. The molecule has 0 amide bonds. The van der Waals surface area contributed by atoms with Gasteiger partial charge in [-0.1, -0.05) is 54.2 Å². The number of benzene rings is 2. The zero-order valence-electron chi connectivity index (χ0n) is 14.6. The highest BCUT2D eigenvalue weighted by Crippen LogP contribution is 2.26. The fourth-order valence-electron chi connectivity index (χ4n) is 2.35. The van der Waals surface area contributed by atoms with E-state index in [1.165, 1.54) is 11.8 Å². The number of thioether (sulfide) groups is 1. The van der Waals surface area contributed by atoms with E-state index < -0.39 is 5.97 Å². The Bertz CT molecular complexity index is 897. The van der Waals surface area contributed by atoms with Gasteiger partial charge in [-0.15, -0.1) is 0 Å². The molecule has 0 aliphatic rings. The molecule has 0 spiro atoms. The second kappa shape index (κ2) is 8.01. The van der Waals surface area contributed by atoms with E-state index in [-0.39, 0.29) is 5.56 Å². The molecule has 1 N–H and O–H groups in total. The van der Waals surface area contributed by atoms with Crippen LogP contribution in [0.3, 0.4) is 0 Å². The van der Waals surface area contributed by atoms with Crippen LogP contribution in [0, 0.1) is 0 Å². The van der Waals surface area contributed by atoms with Gasteiger partial charge in [0, 0.05) is 31.5 Å². The molecule has 5 nitrogen and oxygen atoms in total. The molecule has 1 heterocycles. The van der Waals surface area contributed by atoms with Crippen LogP contribution in [-0.4, -0.2) is 35.1 Å². The number of rotatable bonds is 6. The largest absolute Gasteiger partial charge is 0.478 e. The molecule has 0 aliphatic carbocycles. The average Bonchev–Trinajstić information content (AvgIpc) is 2.67. The first-order chi connectivity index (χ1) is 12.5. The third-order valence-electron chi connectivity index (χ3n) is 3.79. The van der Waals surface area contributed by atoms with Gasteiger partial charge in [-0.3, -0.25) is 0 Å². The number of nitrogens with zero attached hydrogens (tertiary/aromatic N) is 3. The molecule has 132 valence electrons. The van der Waals surface area contributed by atoms with Gasteiger partial charge in [0.15, 0.2) is 5.16 Å². The van der Waals surface area contributed by atoms with Crippen LogP contribution in [0.25, 0.3) is 11.3 Å². The zero-order valence-corrected chi connectivity index (χ0v) is 15.4. The van der Waals surface area contributed by atoms with Crippen LogP contribution in [0.2, 0.25) is 0 Å². The molecule has 3 rings (SSSR count). The number of carboxylic acids is 1. The second-order valence-corrected chi connectivity index (χ2v) is 6.89. The first-order valence-electron chi connectivity index (χ1n) is 8.10. The van der Waals surface area contributed by atoms with Crippen molar-refractivity contribution >= 4 is 23.5 Å². The minimum Gasteiger partial charge on any atom is -0.478 e. The van der Waals surface area contributed by atoms with Crippen LogP contribution >= 0.6 is 11.8 Å². The van der Waals surface area contributed by atoms with Crippen molar-refractivity contribution in [3.05, 3.63) is 71.8 Å². The number of hydrogen-bond acceptors (Lipinski definition) is 5. The van der Waals surface area contributed by atoms with Gasteiger partial charge in [-0.2, -0.15) is 0 Å². The van der Waals surface area contributed by atoms with E-state index in [2.05, 4.69) is 9.97 Å². The van der Waals surface area contributed by atoms with Crippen molar-refractivity contribution in [1.29, 1.82) is 0 Å². The second-order valence-electron chi connectivity index (χ2n) is 5.95. The van der Waals surface area contributed by atoms with Gasteiger partial charge >= 0.3 is 5.97 Å². The number of carboxylic acid groups (broad SMARTS) is 1. The van der Waals surface area contributed by atoms with E-state index in [9.17, 15) is 4.79 Å². The van der Waals surface area contributed by atoms with Crippen LogP contribution in [-0.2, 0) is 5.75 Å². The van der Waals surface area contributed by atoms with Gasteiger partial charge < -0.3 is 10.0 Å². The van der Waals surface area contributed by atoms with Crippen LogP contribution in [0.1, 0.15) is 15.9 Å². The molecular formula is C20H19N3O2S. The fourth-order valence-corrected chi connectivity index (χ4v) is 3.16. The predicted molar refractivity (Wildman–Crippen MR) is 105 cm³/mol. The van der Waals surface area contributed by atoms with Crippen molar-refractivity contribution in [1.82, 2.24) is 9.97 Å². The standard InChI is InChI=1S/C20H19N3O2S/c1-23(2)18-12-17(15-6-4-3-5-7-15)21-20(22-18)26-13-14-8-10-16(11-9-14)19(24)25/h3-12H,13H2,1-2H3,(H,24,25). The number of anilines is 1. The summed E-state index contributed by atoms with van der Waals surface area (Å²) in [6, 6.07) is 18.9. The Morgan fingerprint density at radius 1 is 1.04 bits per heavy atom. The summed E-state index contributed by atoms with van der Waals surface area (Å²) < 4.78 is 0. The van der Waals surface area contributed by atoms with Gasteiger partial charge in [-0.05, 0) is 17.7 Å². The lowest BCUT2D eigenvalue weighted by Gasteiger charge is -2.14. The molecule has 0 unspecified atom stereocenters. The molecular weight excluding hydrogens is 346 g/mol. The van der Waals surface area contributed by atoms with E-state index in [1.807, 2.05) is 67.5 Å². The van der Waals surface area contributed by atoms with E-state index >= 15 is 0 Å². The quantitative estimate of drug-likeness (QED) is 0.522. The highest BCUT2D eigenvalue weighted by atomic mass is 32.2. The normalized spacial score (nSPS) is 10.5. The maximum Gasteiger partial charge on any atom is 0.335 e. The maximum absolute atomic E-state index is 10.9. The lowest BCUT2D eigenvalue weighted by atomic mass is 10.1. The smallest absolute Gasteiger partial charge is 0.335 e. The molecule has 2 aromatic carbocycles. The predicted octanol–water partition coefficient (Wildman–Crippen LogP) is 4.20. The number of aromatic nitrogens is 2. The minimum absolute atomic E-state index is 0.288. The van der Waals surface area contributed by atoms with Gasteiger partial charge in [0.2, 0.25) is 0 Å². The van der Waals surface area contributed by atoms with Crippen molar-refractivity contribution in [3.8, 4) is 11.3 Å². The fraction of sp³-hybridized carbons (Fsp3) is 0.150. The lowest BCUT2D eigenvalue weighted by Crippen LogP contribution is -2.11. The molecule has 0 saturated carbocycles. The van der Waals surface area contributed by atoms with Gasteiger partial charge in [0.25, 0.3) is 0 Å². The maximum atomic E-state index is 10.9. The Kier molecular flexibility index (Phi) is 5.53. The highest BCUT2D eigenvalue weighted by molar-refractivity contribution is 7.98. The van der Waals surface area contributed by atoms with Crippen LogP contribution in [0.15, 0.2) is 65.8 Å². The summed E-state index contributed by atoms with van der Waals surface area (Å²) in [6.07, 6.45) is 0. The Hall–Kier alpha value is -2.86. The van der Waals surface area contributed by atoms with E-state index in [0.717, 1.165) is 22.6 Å². The monoisotopic (exact) mass is 365 g/mol. The summed E-state index contributed by atoms with van der Waals surface area (Å²) in [6.45, 7) is 0. The van der Waals surface area contributed by atoms with Crippen molar-refractivity contribution in [2.45, 2.75) is 10.9 Å². The third kappa shape index (κ3) is 4.40. The molecule has 0 aliphatic heterocycles. The Balaban J connectivity index is 1.82. The van der Waals surface area contributed by atoms with Gasteiger partial charge in [0.05, 0.1) is 11.3 Å². The third-order valence-corrected chi connectivity index (χ3v) is 4.71. The Morgan fingerprint density at radius 2 is 1.73 bits per heavy atom. The first kappa shape index (κ1) is 17.9. The lowest BCUT2D eigenvalue weighted by molar-refractivity contribution is 0.0697. The molecule has 0 bridgehead atoms. The number of aromatic carboxylic acids is 1. The summed E-state index contributed by atoms with van der Waals surface area (Å²) in [5.41, 5.74) is 3.25. The SMILES string of the molecule is CN(C)c1cc(-c2ccccc2)nc(SCc2ccc(C(=O)O)cc2)n1. The number of carbonyl (C=O) groups is 1. The van der Waals surface area contributed by atoms with Crippen LogP contribution < -0.4 is 4.90 Å². The van der Waals surface area contributed by atoms with Crippen LogP contribution in [0.4, 0.5) is 5.82 Å². The summed E-state index contributed by atoms with van der Waals surface area (Å²) in [4.78, 5) is 22.2. The molecule has 3 aromatic rings. The molecule has 1 aromatic heterocycles. The van der Waals surface area contributed by atoms with Crippen molar-refractivity contribution in [2.24, 2.45) is 0 Å². The highest BCUT2D eigenvalue weighted by Gasteiger charge is 2.09. The van der Waals surface area contributed by atoms with Crippen molar-refractivity contribution in [2.75, 3.05) is 19.0 Å². The summed E-state index contributed by atoms with van der Waals surface area (Å²) in [5, 5.41) is 9.67. The Morgan fingerprint density at radius 3 is 2.35 bits per heavy atom. The minimum atomic E-state index is -0.918. The van der Waals surface area contributed by atoms with Crippen molar-refractivity contribution in [3.63, 3.8) is 0 Å². The average molecular weight is 365 g/mol. The van der Waals surface area contributed by atoms with E-state index in [1.54, 1.807) is 12.1 Å². The summed E-state index contributed by atoms with van der Waals surface area (Å²) in [7, 11) is 3.91. The summed E-state index contributed by atoms with van der Waals surface area (Å²) >= 11 is 1.53. The van der Waals surface area contributed by atoms with Crippen molar-refractivity contribution < 1.29 is 9.90 Å². The van der Waals surface area contributed by atoms with Gasteiger partial charge in [-0.25, -0.2) is 14.8 Å². The topological polar surface area (TPSA) is 66.3 Å². The molecule has 0 atom stereocenters. The van der Waals surface area contributed by atoms with E-state index in [0.29, 0.717) is 10.9 Å². The zero-order chi connectivity index (χ0) is 18.5. The molecule has 26 heavy (non-hydrogen) atoms. The molecule has 0 radical (unpaired) electrons. The van der Waals surface area contributed by atoms with Gasteiger partial charge in [0.1, 0.15) is 5.82 Å². The molecule has 6 heteroatoms. The Labute approximate surface area is 156 Å². The first-order valence-corrected chi connectivity index (χ1v) is 9.08.